The maximum Gasteiger partial charge on any atom is 0.254 e. The molecule has 1 saturated carbocycles. The Bertz CT molecular complexity index is 1110. The van der Waals surface area contributed by atoms with Gasteiger partial charge in [0, 0.05) is 32.2 Å². The molecule has 0 radical (unpaired) electrons. The van der Waals surface area contributed by atoms with Crippen LogP contribution in [0.4, 0.5) is 0 Å². The maximum atomic E-state index is 12.9. The van der Waals surface area contributed by atoms with Crippen LogP contribution in [0.5, 0.6) is 0 Å². The number of nitrogens with two attached hydrogens (primary N) is 5. The van der Waals surface area contributed by atoms with E-state index in [1.807, 2.05) is 0 Å². The number of aliphatic hydroxyl groups is 8. The highest BCUT2D eigenvalue weighted by Crippen LogP contribution is 2.35. The number of nitrogens with one attached hydrogen (secondary N) is 2. The molecule has 0 aromatic heterocycles. The van der Waals surface area contributed by atoms with Gasteiger partial charge in [0.1, 0.15) is 73.2 Å². The van der Waals surface area contributed by atoms with Crippen molar-refractivity contribution in [1.82, 2.24) is 10.6 Å². The Morgan fingerprint density at radius 3 is 1.67 bits per heavy atom. The van der Waals surface area contributed by atoms with Gasteiger partial charge in [-0.05, 0) is 6.42 Å². The van der Waals surface area contributed by atoms with E-state index in [0.717, 1.165) is 0 Å². The predicted molar refractivity (Wildman–Crippen MR) is 160 cm³/mol. The Morgan fingerprint density at radius 2 is 1.20 bits per heavy atom. The second-order valence-corrected chi connectivity index (χ2v) is 13.3. The van der Waals surface area contributed by atoms with Crippen LogP contribution in [0.15, 0.2) is 0 Å². The minimum Gasteiger partial charge on any atom is -0.394 e. The van der Waals surface area contributed by atoms with Gasteiger partial charge in [-0.1, -0.05) is 0 Å². The fourth-order valence-corrected chi connectivity index (χ4v) is 6.68. The van der Waals surface area contributed by atoms with Gasteiger partial charge in [0.2, 0.25) is 0 Å². The van der Waals surface area contributed by atoms with E-state index < -0.39 is 134 Å². The summed E-state index contributed by atoms with van der Waals surface area (Å²) in [4.78, 5) is 12.9. The van der Waals surface area contributed by atoms with E-state index in [4.69, 9.17) is 57.1 Å². The highest BCUT2D eigenvalue weighted by atomic mass is 16.8. The van der Waals surface area contributed by atoms with Crippen LogP contribution in [-0.4, -0.2) is 201 Å². The van der Waals surface area contributed by atoms with Crippen LogP contribution in [-0.2, 0) is 33.2 Å². The van der Waals surface area contributed by atoms with Crippen LogP contribution in [0.25, 0.3) is 0 Å². The molecule has 5 rings (SSSR count). The lowest BCUT2D eigenvalue weighted by Gasteiger charge is -2.48. The third-order valence-electron chi connectivity index (χ3n) is 9.90. The summed E-state index contributed by atoms with van der Waals surface area (Å²) in [5.74, 6) is -0.779. The van der Waals surface area contributed by atoms with Crippen LogP contribution in [0.2, 0.25) is 0 Å². The van der Waals surface area contributed by atoms with E-state index in [2.05, 4.69) is 10.6 Å². The number of rotatable bonds is 11. The average Bonchev–Trinajstić information content (AvgIpc) is 3.36. The Hall–Kier alpha value is -1.33. The first kappa shape index (κ1) is 38.9. The molecule has 0 spiro atoms. The zero-order chi connectivity index (χ0) is 35.9. The van der Waals surface area contributed by atoms with Crippen molar-refractivity contribution in [3.8, 4) is 0 Å². The Kier molecular flexibility index (Phi) is 12.5. The molecular formula is C27H51N7O15. The zero-order valence-corrected chi connectivity index (χ0v) is 26.5. The molecule has 1 aliphatic carbocycles. The molecule has 49 heavy (non-hydrogen) atoms. The van der Waals surface area contributed by atoms with E-state index in [-0.39, 0.29) is 32.6 Å². The lowest BCUT2D eigenvalue weighted by molar-refractivity contribution is -0.307. The first-order chi connectivity index (χ1) is 23.1. The third kappa shape index (κ3) is 7.60. The molecule has 5 aliphatic rings. The van der Waals surface area contributed by atoms with Gasteiger partial charge in [0.25, 0.3) is 5.91 Å². The summed E-state index contributed by atoms with van der Waals surface area (Å²) in [6.45, 7) is -1.16. The highest BCUT2D eigenvalue weighted by molar-refractivity contribution is 5.87. The summed E-state index contributed by atoms with van der Waals surface area (Å²) in [5, 5.41) is 90.3. The summed E-state index contributed by atoms with van der Waals surface area (Å²) in [6, 6.07) is -4.76. The summed E-state index contributed by atoms with van der Waals surface area (Å²) in [6.07, 6.45) is -21.5. The number of ether oxygens (including phenoxy) is 6. The molecule has 0 aromatic carbocycles. The van der Waals surface area contributed by atoms with Crippen molar-refractivity contribution >= 4 is 5.91 Å². The average molecular weight is 714 g/mol. The summed E-state index contributed by atoms with van der Waals surface area (Å²) >= 11 is 0. The molecule has 19 atom stereocenters. The Labute approximate surface area is 280 Å². The van der Waals surface area contributed by atoms with Gasteiger partial charge in [-0.25, -0.2) is 0 Å². The number of carbonyl (C=O) groups is 1. The molecule has 5 fully saturated rings. The summed E-state index contributed by atoms with van der Waals surface area (Å²) in [5.41, 5.74) is 28.2. The SMILES string of the molecule is NC[C@@H]1O[C@H](O[C@H]2[C@@H](O)[C@H](O[C@@H]3[C@@H](O)[C@H](NC(=O)C4(O)CNC4)C[C@H](N)[C@H]3O[C@H]3O[C@H](CN)[C@@H](O)[C@@H](O)[C@H]3N)O[C@@H]2CO)[C@H](N)[C@@H](O)[C@@H]1O. The standard InChI is InChI=1S/C27H51N7O15/c28-2-9-15(37)17(39)12(31)23(44-9)47-20-7(30)1-8(34-26(42)27(43)5-33-6-27)14(36)22(20)49-25-19(41)21(11(4-35)46-25)48-24-13(32)18(40)16(38)10(3-29)45-24/h7-25,33,35-41,43H,1-6,28-32H2,(H,34,42)/t7-,8+,9+,10-,11+,12+,13+,14-,15+,16+,17-,18+,19+,20+,21+,22+,23+,24+,25-/m0/s1. The fraction of sp³-hybridized carbons (Fsp3) is 0.963. The highest BCUT2D eigenvalue weighted by Gasteiger charge is 2.55. The molecule has 22 nitrogen and oxygen atoms in total. The molecule has 20 N–H and O–H groups in total. The maximum absolute atomic E-state index is 12.9. The van der Waals surface area contributed by atoms with Crippen molar-refractivity contribution in [2.45, 2.75) is 128 Å². The van der Waals surface area contributed by atoms with Crippen LogP contribution in [0.3, 0.4) is 0 Å². The van der Waals surface area contributed by atoms with Crippen LogP contribution in [0.1, 0.15) is 6.42 Å². The van der Waals surface area contributed by atoms with Gasteiger partial charge in [0.15, 0.2) is 24.5 Å². The van der Waals surface area contributed by atoms with Gasteiger partial charge in [-0.3, -0.25) is 4.79 Å². The van der Waals surface area contributed by atoms with E-state index in [1.165, 1.54) is 0 Å². The van der Waals surface area contributed by atoms with Crippen molar-refractivity contribution in [2.24, 2.45) is 28.7 Å². The molecular weight excluding hydrogens is 662 g/mol. The van der Waals surface area contributed by atoms with E-state index in [9.17, 15) is 45.6 Å². The zero-order valence-electron chi connectivity index (χ0n) is 26.5. The number of amides is 1. The predicted octanol–water partition coefficient (Wildman–Crippen LogP) is -10.4. The van der Waals surface area contributed by atoms with Crippen LogP contribution in [0, 0.1) is 0 Å². The van der Waals surface area contributed by atoms with Gasteiger partial charge in [-0.2, -0.15) is 0 Å². The molecule has 4 saturated heterocycles. The lowest BCUT2D eigenvalue weighted by atomic mass is 9.83. The van der Waals surface area contributed by atoms with E-state index in [0.29, 0.717) is 0 Å². The molecule has 22 heteroatoms. The molecule has 0 bridgehead atoms. The van der Waals surface area contributed by atoms with Gasteiger partial charge in [-0.15, -0.1) is 0 Å². The van der Waals surface area contributed by atoms with E-state index >= 15 is 0 Å². The topological polar surface area (TPSA) is 388 Å². The normalized spacial score (nSPS) is 50.1. The van der Waals surface area contributed by atoms with Gasteiger partial charge < -0.3 is 109 Å². The second kappa shape index (κ2) is 15.7. The van der Waals surface area contributed by atoms with Crippen molar-refractivity contribution in [3.63, 3.8) is 0 Å². The van der Waals surface area contributed by atoms with Gasteiger partial charge >= 0.3 is 0 Å². The Balaban J connectivity index is 1.36. The van der Waals surface area contributed by atoms with Crippen LogP contribution < -0.4 is 39.3 Å². The first-order valence-corrected chi connectivity index (χ1v) is 16.2. The molecule has 4 heterocycles. The van der Waals surface area contributed by atoms with Crippen molar-refractivity contribution < 1.29 is 74.1 Å². The Morgan fingerprint density at radius 1 is 0.714 bits per heavy atom. The molecule has 284 valence electrons. The summed E-state index contributed by atoms with van der Waals surface area (Å²) in [7, 11) is 0. The number of hydrogen-bond donors (Lipinski definition) is 15. The number of β-amino-alcohol motifs (C(OH)–C–C–N with tert-alkyl or cyclic N) is 1. The minimum atomic E-state index is -1.72. The largest absolute Gasteiger partial charge is 0.394 e. The summed E-state index contributed by atoms with van der Waals surface area (Å²) < 4.78 is 35.1. The van der Waals surface area contributed by atoms with Crippen LogP contribution >= 0.6 is 0 Å². The second-order valence-electron chi connectivity index (χ2n) is 13.3. The van der Waals surface area contributed by atoms with Crippen molar-refractivity contribution in [1.29, 1.82) is 0 Å². The number of carbonyl (C=O) groups excluding carboxylic acids is 1. The van der Waals surface area contributed by atoms with Crippen molar-refractivity contribution in [3.05, 3.63) is 0 Å². The fourth-order valence-electron chi connectivity index (χ4n) is 6.68. The molecule has 4 aliphatic heterocycles. The van der Waals surface area contributed by atoms with E-state index in [1.54, 1.807) is 0 Å². The first-order valence-electron chi connectivity index (χ1n) is 16.2. The third-order valence-corrected chi connectivity index (χ3v) is 9.90. The van der Waals surface area contributed by atoms with Gasteiger partial charge in [0.05, 0.1) is 24.7 Å². The lowest BCUT2D eigenvalue weighted by Crippen LogP contribution is -2.72. The quantitative estimate of drug-likeness (QED) is 0.0944. The monoisotopic (exact) mass is 713 g/mol. The number of aliphatic hydroxyl groups excluding tert-OH is 7. The molecule has 0 aromatic rings. The minimum absolute atomic E-state index is 0.0187. The smallest absolute Gasteiger partial charge is 0.254 e. The van der Waals surface area contributed by atoms with Crippen molar-refractivity contribution in [2.75, 3.05) is 32.8 Å². The number of hydrogen-bond acceptors (Lipinski definition) is 21. The molecule has 0 unspecified atom stereocenters. The molecule has 1 amide bonds.